The minimum atomic E-state index is -0.513. The maximum absolute atomic E-state index is 10.7. The molecule has 0 saturated heterocycles. The highest BCUT2D eigenvalue weighted by atomic mass is 16.6. The van der Waals surface area contributed by atoms with Crippen LogP contribution < -0.4 is 4.74 Å². The SMILES string of the molecule is N#C/C(=C\c1ccc(Oc2ccc([N+](=O)[O-])cn2)cc1)c1cccc2ccccc12. The second-order valence-electron chi connectivity index (χ2n) is 6.48. The molecular formula is C24H15N3O3. The third kappa shape index (κ3) is 4.01. The van der Waals surface area contributed by atoms with Gasteiger partial charge in [-0.05, 0) is 34.5 Å². The van der Waals surface area contributed by atoms with Crippen LogP contribution in [-0.2, 0) is 0 Å². The van der Waals surface area contributed by atoms with Gasteiger partial charge in [0.15, 0.2) is 0 Å². The fourth-order valence-corrected chi connectivity index (χ4v) is 3.09. The second kappa shape index (κ2) is 8.25. The summed E-state index contributed by atoms with van der Waals surface area (Å²) < 4.78 is 5.62. The summed E-state index contributed by atoms with van der Waals surface area (Å²) in [5, 5.41) is 22.5. The average Bonchev–Trinajstić information content (AvgIpc) is 2.78. The maximum atomic E-state index is 10.7. The Labute approximate surface area is 172 Å². The molecule has 0 bridgehead atoms. The maximum Gasteiger partial charge on any atom is 0.287 e. The molecule has 0 aliphatic rings. The summed E-state index contributed by atoms with van der Waals surface area (Å²) >= 11 is 0. The third-order valence-corrected chi connectivity index (χ3v) is 4.55. The molecule has 0 saturated carbocycles. The Morgan fingerprint density at radius 1 is 1.00 bits per heavy atom. The Hall–Kier alpha value is -4.50. The van der Waals surface area contributed by atoms with Crippen molar-refractivity contribution in [2.75, 3.05) is 0 Å². The van der Waals surface area contributed by atoms with Gasteiger partial charge in [0, 0.05) is 17.7 Å². The number of ether oxygens (including phenoxy) is 1. The molecule has 0 N–H and O–H groups in total. The number of pyridine rings is 1. The number of benzene rings is 3. The Balaban J connectivity index is 1.57. The lowest BCUT2D eigenvalue weighted by Gasteiger charge is -2.07. The fraction of sp³-hybridized carbons (Fsp3) is 0. The van der Waals surface area contributed by atoms with Crippen molar-refractivity contribution in [3.63, 3.8) is 0 Å². The average molecular weight is 393 g/mol. The van der Waals surface area contributed by atoms with Crippen LogP contribution in [-0.4, -0.2) is 9.91 Å². The van der Waals surface area contributed by atoms with Crippen molar-refractivity contribution < 1.29 is 9.66 Å². The summed E-state index contributed by atoms with van der Waals surface area (Å²) in [6.45, 7) is 0. The summed E-state index contributed by atoms with van der Waals surface area (Å²) in [6.07, 6.45) is 2.98. The van der Waals surface area contributed by atoms with Gasteiger partial charge >= 0.3 is 0 Å². The van der Waals surface area contributed by atoms with E-state index in [0.29, 0.717) is 11.3 Å². The summed E-state index contributed by atoms with van der Waals surface area (Å²) in [5.74, 6) is 0.800. The van der Waals surface area contributed by atoms with Gasteiger partial charge in [0.05, 0.1) is 16.6 Å². The lowest BCUT2D eigenvalue weighted by molar-refractivity contribution is -0.385. The molecule has 3 aromatic carbocycles. The molecule has 144 valence electrons. The number of fused-ring (bicyclic) bond motifs is 1. The van der Waals surface area contributed by atoms with E-state index in [4.69, 9.17) is 4.74 Å². The molecule has 4 aromatic rings. The fourth-order valence-electron chi connectivity index (χ4n) is 3.09. The molecule has 0 atom stereocenters. The topological polar surface area (TPSA) is 89.0 Å². The molecule has 6 heteroatoms. The first-order valence-electron chi connectivity index (χ1n) is 9.12. The van der Waals surface area contributed by atoms with E-state index in [-0.39, 0.29) is 11.6 Å². The van der Waals surface area contributed by atoms with Gasteiger partial charge in [-0.25, -0.2) is 4.98 Å². The van der Waals surface area contributed by atoms with Crippen LogP contribution in [0.4, 0.5) is 5.69 Å². The molecule has 6 nitrogen and oxygen atoms in total. The Morgan fingerprint density at radius 2 is 1.77 bits per heavy atom. The second-order valence-corrected chi connectivity index (χ2v) is 6.48. The molecule has 0 spiro atoms. The van der Waals surface area contributed by atoms with E-state index in [0.717, 1.165) is 28.1 Å². The van der Waals surface area contributed by atoms with Gasteiger partial charge in [-0.1, -0.05) is 54.6 Å². The molecule has 0 unspecified atom stereocenters. The summed E-state index contributed by atoms with van der Waals surface area (Å²) in [5.41, 5.74) is 2.20. The van der Waals surface area contributed by atoms with Crippen LogP contribution in [0.5, 0.6) is 11.6 Å². The number of nitro groups is 1. The van der Waals surface area contributed by atoms with Gasteiger partial charge in [-0.3, -0.25) is 10.1 Å². The van der Waals surface area contributed by atoms with Crippen LogP contribution in [0.2, 0.25) is 0 Å². The third-order valence-electron chi connectivity index (χ3n) is 4.55. The molecular weight excluding hydrogens is 378 g/mol. The van der Waals surface area contributed by atoms with Gasteiger partial charge in [-0.2, -0.15) is 5.26 Å². The van der Waals surface area contributed by atoms with Crippen LogP contribution in [0.15, 0.2) is 85.1 Å². The summed E-state index contributed by atoms with van der Waals surface area (Å²) in [6, 6.07) is 26.1. The number of rotatable bonds is 5. The van der Waals surface area contributed by atoms with Crippen LogP contribution in [0.25, 0.3) is 22.4 Å². The van der Waals surface area contributed by atoms with Gasteiger partial charge in [-0.15, -0.1) is 0 Å². The molecule has 0 aliphatic heterocycles. The van der Waals surface area contributed by atoms with Crippen molar-refractivity contribution in [2.45, 2.75) is 0 Å². The van der Waals surface area contributed by atoms with Crippen LogP contribution in [0.3, 0.4) is 0 Å². The molecule has 30 heavy (non-hydrogen) atoms. The van der Waals surface area contributed by atoms with E-state index in [2.05, 4.69) is 11.1 Å². The molecule has 0 aliphatic carbocycles. The van der Waals surface area contributed by atoms with E-state index in [1.807, 2.05) is 60.7 Å². The number of nitriles is 1. The van der Waals surface area contributed by atoms with Crippen molar-refractivity contribution in [2.24, 2.45) is 0 Å². The van der Waals surface area contributed by atoms with E-state index in [1.54, 1.807) is 12.1 Å². The Kier molecular flexibility index (Phi) is 5.18. The Bertz CT molecular complexity index is 1280. The monoisotopic (exact) mass is 393 g/mol. The number of allylic oxidation sites excluding steroid dienone is 1. The first-order chi connectivity index (χ1) is 14.6. The van der Waals surface area contributed by atoms with E-state index < -0.39 is 4.92 Å². The number of hydrogen-bond donors (Lipinski definition) is 0. The minimum Gasteiger partial charge on any atom is -0.439 e. The van der Waals surface area contributed by atoms with Crippen molar-refractivity contribution in [1.82, 2.24) is 4.98 Å². The lowest BCUT2D eigenvalue weighted by atomic mass is 9.97. The first-order valence-corrected chi connectivity index (χ1v) is 9.12. The van der Waals surface area contributed by atoms with E-state index >= 15 is 0 Å². The largest absolute Gasteiger partial charge is 0.439 e. The zero-order valence-electron chi connectivity index (χ0n) is 15.7. The predicted molar refractivity (Wildman–Crippen MR) is 115 cm³/mol. The molecule has 1 aromatic heterocycles. The van der Waals surface area contributed by atoms with Crippen LogP contribution in [0.1, 0.15) is 11.1 Å². The van der Waals surface area contributed by atoms with Gasteiger partial charge < -0.3 is 4.74 Å². The number of nitrogens with zero attached hydrogens (tertiary/aromatic N) is 3. The molecule has 1 heterocycles. The zero-order valence-corrected chi connectivity index (χ0v) is 15.7. The molecule has 0 radical (unpaired) electrons. The highest BCUT2D eigenvalue weighted by Crippen LogP contribution is 2.27. The van der Waals surface area contributed by atoms with Crippen LogP contribution in [0, 0.1) is 21.4 Å². The highest BCUT2D eigenvalue weighted by molar-refractivity contribution is 6.01. The van der Waals surface area contributed by atoms with Gasteiger partial charge in [0.25, 0.3) is 5.69 Å². The quantitative estimate of drug-likeness (QED) is 0.180. The van der Waals surface area contributed by atoms with Gasteiger partial charge in [0.1, 0.15) is 11.9 Å². The first kappa shape index (κ1) is 18.8. The van der Waals surface area contributed by atoms with E-state index in [1.165, 1.54) is 12.1 Å². The summed E-state index contributed by atoms with van der Waals surface area (Å²) in [4.78, 5) is 14.1. The smallest absolute Gasteiger partial charge is 0.287 e. The standard InChI is InChI=1S/C24H15N3O3/c25-15-19(23-7-3-5-18-4-1-2-6-22(18)23)14-17-8-11-21(12-9-17)30-24-13-10-20(16-26-24)27(28)29/h1-14,16H/b19-14+. The van der Waals surface area contributed by atoms with Crippen LogP contribution >= 0.6 is 0 Å². The van der Waals surface area contributed by atoms with Crippen molar-refractivity contribution in [3.8, 4) is 17.7 Å². The lowest BCUT2D eigenvalue weighted by Crippen LogP contribution is -1.91. The van der Waals surface area contributed by atoms with E-state index in [9.17, 15) is 15.4 Å². The predicted octanol–water partition coefficient (Wildman–Crippen LogP) is 6.00. The van der Waals surface area contributed by atoms with Crippen molar-refractivity contribution in [1.29, 1.82) is 5.26 Å². The minimum absolute atomic E-state index is 0.0969. The molecule has 4 rings (SSSR count). The summed E-state index contributed by atoms with van der Waals surface area (Å²) in [7, 11) is 0. The van der Waals surface area contributed by atoms with Crippen molar-refractivity contribution in [3.05, 3.63) is 106 Å². The zero-order chi connectivity index (χ0) is 20.9. The molecule has 0 amide bonds. The molecule has 0 fully saturated rings. The number of aromatic nitrogens is 1. The number of hydrogen-bond acceptors (Lipinski definition) is 5. The normalized spacial score (nSPS) is 11.1. The van der Waals surface area contributed by atoms with Crippen molar-refractivity contribution >= 4 is 28.1 Å². The Morgan fingerprint density at radius 3 is 2.47 bits per heavy atom. The van der Waals surface area contributed by atoms with Gasteiger partial charge in [0.2, 0.25) is 5.88 Å². The highest BCUT2D eigenvalue weighted by Gasteiger charge is 2.08.